The molecule has 0 fully saturated rings. The summed E-state index contributed by atoms with van der Waals surface area (Å²) in [5.74, 6) is 0.959. The van der Waals surface area contributed by atoms with Crippen molar-refractivity contribution in [3.63, 3.8) is 0 Å². The number of hydrogen-bond donors (Lipinski definition) is 1. The third kappa shape index (κ3) is 4.66. The molecule has 150 valence electrons. The Hall–Kier alpha value is -2.52. The van der Waals surface area contributed by atoms with Crippen LogP contribution in [0, 0.1) is 0 Å². The van der Waals surface area contributed by atoms with Crippen LogP contribution in [-0.4, -0.2) is 34.5 Å². The van der Waals surface area contributed by atoms with Gasteiger partial charge in [-0.05, 0) is 37.3 Å². The summed E-state index contributed by atoms with van der Waals surface area (Å²) in [4.78, 5) is 8.46. The lowest BCUT2D eigenvalue weighted by atomic mass is 10.2. The molecule has 0 aliphatic rings. The molecule has 3 aromatic rings. The molecule has 0 aliphatic heterocycles. The van der Waals surface area contributed by atoms with Crippen molar-refractivity contribution in [3.05, 3.63) is 41.6 Å². The number of ether oxygens (including phenoxy) is 1. The Bertz CT molecular complexity index is 950. The highest BCUT2D eigenvalue weighted by Gasteiger charge is 2.38. The van der Waals surface area contributed by atoms with Crippen LogP contribution in [-0.2, 0) is 0 Å². The zero-order valence-corrected chi connectivity index (χ0v) is 16.2. The Morgan fingerprint density at radius 2 is 2.00 bits per heavy atom. The van der Waals surface area contributed by atoms with Crippen molar-refractivity contribution >= 4 is 29.8 Å². The monoisotopic (exact) mass is 434 g/mol. The highest BCUT2D eigenvalue weighted by atomic mass is 35.5. The number of aromatic nitrogens is 3. The normalized spacial score (nSPS) is 12.2. The molecule has 0 bridgehead atoms. The summed E-state index contributed by atoms with van der Waals surface area (Å²) in [5.41, 5.74) is 1.08. The number of pyridine rings is 1. The van der Waals surface area contributed by atoms with E-state index in [0.29, 0.717) is 22.8 Å². The van der Waals surface area contributed by atoms with Gasteiger partial charge in [-0.25, -0.2) is 4.98 Å². The van der Waals surface area contributed by atoms with E-state index in [0.717, 1.165) is 6.92 Å². The van der Waals surface area contributed by atoms with Crippen LogP contribution in [0.3, 0.4) is 0 Å². The van der Waals surface area contributed by atoms with Crippen molar-refractivity contribution in [2.75, 3.05) is 12.4 Å². The van der Waals surface area contributed by atoms with Gasteiger partial charge in [0.25, 0.3) is 5.89 Å². The van der Waals surface area contributed by atoms with E-state index in [2.05, 4.69) is 20.4 Å². The van der Waals surface area contributed by atoms with Crippen LogP contribution in [0.5, 0.6) is 5.75 Å². The van der Waals surface area contributed by atoms with E-state index in [-0.39, 0.29) is 29.1 Å². The lowest BCUT2D eigenvalue weighted by molar-refractivity contribution is -0.189. The minimum atomic E-state index is -4.49. The molecule has 1 atom stereocenters. The summed E-state index contributed by atoms with van der Waals surface area (Å²) in [6.45, 7) is 0.905. The van der Waals surface area contributed by atoms with Crippen molar-refractivity contribution < 1.29 is 22.4 Å². The van der Waals surface area contributed by atoms with Gasteiger partial charge in [0.1, 0.15) is 11.6 Å². The van der Waals surface area contributed by atoms with Crippen LogP contribution in [0.4, 0.5) is 19.0 Å². The summed E-state index contributed by atoms with van der Waals surface area (Å²) in [6.07, 6.45) is -4.85. The van der Waals surface area contributed by atoms with Crippen LogP contribution in [0.2, 0.25) is 5.02 Å². The maximum Gasteiger partial charge on any atom is 0.425 e. The first-order valence-electron chi connectivity index (χ1n) is 7.79. The molecule has 0 radical (unpaired) electrons. The predicted molar refractivity (Wildman–Crippen MR) is 101 cm³/mol. The van der Waals surface area contributed by atoms with E-state index in [4.69, 9.17) is 20.9 Å². The number of nitrogens with zero attached hydrogens (tertiary/aromatic N) is 3. The topological polar surface area (TPSA) is 73.1 Å². The maximum absolute atomic E-state index is 12.6. The van der Waals surface area contributed by atoms with E-state index < -0.39 is 12.3 Å². The Balaban J connectivity index is 0.00000280. The van der Waals surface area contributed by atoms with Gasteiger partial charge in [0.2, 0.25) is 5.82 Å². The molecule has 6 nitrogen and oxygen atoms in total. The fourth-order valence-electron chi connectivity index (χ4n) is 2.22. The van der Waals surface area contributed by atoms with E-state index in [1.54, 1.807) is 25.4 Å². The van der Waals surface area contributed by atoms with Crippen molar-refractivity contribution in [2.24, 2.45) is 0 Å². The number of hydrogen-bond acceptors (Lipinski definition) is 6. The molecule has 0 amide bonds. The van der Waals surface area contributed by atoms with Gasteiger partial charge in [0.15, 0.2) is 6.10 Å². The molecule has 0 aliphatic carbocycles. The van der Waals surface area contributed by atoms with Crippen LogP contribution in [0.1, 0.15) is 6.92 Å². The summed E-state index contributed by atoms with van der Waals surface area (Å²) >= 11 is 6.04. The number of rotatable bonds is 5. The van der Waals surface area contributed by atoms with Crippen LogP contribution < -0.4 is 10.1 Å². The molecular formula is C17H15Cl2F3N4O2. The highest BCUT2D eigenvalue weighted by Crippen LogP contribution is 2.34. The molecule has 3 rings (SSSR count). The van der Waals surface area contributed by atoms with Gasteiger partial charge in [-0.3, -0.25) is 0 Å². The zero-order valence-electron chi connectivity index (χ0n) is 14.6. The average molecular weight is 435 g/mol. The Morgan fingerprint density at radius 3 is 2.64 bits per heavy atom. The van der Waals surface area contributed by atoms with Gasteiger partial charge in [-0.2, -0.15) is 18.2 Å². The second-order valence-electron chi connectivity index (χ2n) is 5.52. The highest BCUT2D eigenvalue weighted by molar-refractivity contribution is 6.32. The molecule has 0 spiro atoms. The lowest BCUT2D eigenvalue weighted by Crippen LogP contribution is -2.31. The van der Waals surface area contributed by atoms with Crippen molar-refractivity contribution in [2.45, 2.75) is 19.2 Å². The number of alkyl halides is 3. The van der Waals surface area contributed by atoms with Gasteiger partial charge in [0.05, 0.1) is 10.6 Å². The summed E-state index contributed by atoms with van der Waals surface area (Å²) < 4.78 is 48.0. The SMILES string of the molecule is CNc1ncccc1-c1noc(-c2ccc(O[C@@H](C)C(F)(F)F)c(Cl)c2)n1.Cl. The molecule has 1 N–H and O–H groups in total. The van der Waals surface area contributed by atoms with Crippen molar-refractivity contribution in [3.8, 4) is 28.6 Å². The van der Waals surface area contributed by atoms with Gasteiger partial charge < -0.3 is 14.6 Å². The van der Waals surface area contributed by atoms with E-state index >= 15 is 0 Å². The number of nitrogens with one attached hydrogen (secondary N) is 1. The van der Waals surface area contributed by atoms with Crippen LogP contribution in [0.25, 0.3) is 22.8 Å². The second kappa shape index (κ2) is 8.66. The molecule has 0 saturated heterocycles. The van der Waals surface area contributed by atoms with Crippen molar-refractivity contribution in [1.29, 1.82) is 0 Å². The summed E-state index contributed by atoms with van der Waals surface area (Å²) in [5, 5.41) is 6.84. The average Bonchev–Trinajstić information content (AvgIpc) is 3.12. The summed E-state index contributed by atoms with van der Waals surface area (Å²) in [7, 11) is 1.72. The molecule has 0 unspecified atom stereocenters. The minimum absolute atomic E-state index is 0. The van der Waals surface area contributed by atoms with Crippen molar-refractivity contribution in [1.82, 2.24) is 15.1 Å². The van der Waals surface area contributed by atoms with Gasteiger partial charge in [-0.1, -0.05) is 16.8 Å². The van der Waals surface area contributed by atoms with E-state index in [1.165, 1.54) is 18.2 Å². The number of halogens is 5. The third-order valence-electron chi connectivity index (χ3n) is 3.65. The first kappa shape index (κ1) is 21.8. The summed E-state index contributed by atoms with van der Waals surface area (Å²) in [6, 6.07) is 7.73. The Kier molecular flexibility index (Phi) is 6.73. The fourth-order valence-corrected chi connectivity index (χ4v) is 2.45. The maximum atomic E-state index is 12.6. The second-order valence-corrected chi connectivity index (χ2v) is 5.93. The Labute approximate surface area is 169 Å². The molecule has 28 heavy (non-hydrogen) atoms. The molecule has 2 heterocycles. The standard InChI is InChI=1S/C17H14ClF3N4O2.ClH/c1-9(17(19,20)21)26-13-6-5-10(8-12(13)18)16-24-15(25-27-16)11-4-3-7-23-14(11)22-2;/h3-9H,1-2H3,(H,22,23);1H/t9-;/m0./s1. The first-order valence-corrected chi connectivity index (χ1v) is 8.17. The van der Waals surface area contributed by atoms with E-state index in [1.807, 2.05) is 0 Å². The first-order chi connectivity index (χ1) is 12.8. The van der Waals surface area contributed by atoms with Gasteiger partial charge in [-0.15, -0.1) is 12.4 Å². The largest absolute Gasteiger partial charge is 0.480 e. The molecule has 11 heteroatoms. The van der Waals surface area contributed by atoms with Crippen LogP contribution >= 0.6 is 24.0 Å². The number of benzene rings is 1. The predicted octanol–water partition coefficient (Wildman–Crippen LogP) is 5.25. The molecule has 2 aromatic heterocycles. The molecular weight excluding hydrogens is 420 g/mol. The number of anilines is 1. The lowest BCUT2D eigenvalue weighted by Gasteiger charge is -2.18. The smallest absolute Gasteiger partial charge is 0.425 e. The fraction of sp³-hybridized carbons (Fsp3) is 0.235. The molecule has 0 saturated carbocycles. The van der Waals surface area contributed by atoms with E-state index in [9.17, 15) is 13.2 Å². The van der Waals surface area contributed by atoms with Crippen LogP contribution in [0.15, 0.2) is 41.1 Å². The zero-order chi connectivity index (χ0) is 19.6. The third-order valence-corrected chi connectivity index (χ3v) is 3.95. The van der Waals surface area contributed by atoms with Gasteiger partial charge >= 0.3 is 6.18 Å². The minimum Gasteiger partial charge on any atom is -0.480 e. The Morgan fingerprint density at radius 1 is 1.25 bits per heavy atom. The van der Waals surface area contributed by atoms with Gasteiger partial charge in [0, 0.05) is 18.8 Å². The molecule has 1 aromatic carbocycles. The quantitative estimate of drug-likeness (QED) is 0.591.